The minimum atomic E-state index is -0.165. The summed E-state index contributed by atoms with van der Waals surface area (Å²) in [6.45, 7) is 3.71. The van der Waals surface area contributed by atoms with Gasteiger partial charge in [0.1, 0.15) is 0 Å². The molecule has 0 aliphatic heterocycles. The number of halogens is 1. The quantitative estimate of drug-likeness (QED) is 0.883. The smallest absolute Gasteiger partial charge is 0.224 e. The molecule has 3 atom stereocenters. The highest BCUT2D eigenvalue weighted by Crippen LogP contribution is 2.33. The maximum Gasteiger partial charge on any atom is 0.224 e. The van der Waals surface area contributed by atoms with E-state index in [1.165, 1.54) is 11.1 Å². The predicted molar refractivity (Wildman–Crippen MR) is 73.5 cm³/mol. The van der Waals surface area contributed by atoms with E-state index in [0.717, 1.165) is 17.9 Å². The molecule has 1 aromatic carbocycles. The van der Waals surface area contributed by atoms with Gasteiger partial charge in [-0.3, -0.25) is 4.79 Å². The lowest BCUT2D eigenvalue weighted by molar-refractivity contribution is -0.125. The lowest BCUT2D eigenvalue weighted by Crippen LogP contribution is -2.39. The largest absolute Gasteiger partial charge is 0.349 e. The van der Waals surface area contributed by atoms with E-state index in [4.69, 9.17) is 17.3 Å². The van der Waals surface area contributed by atoms with Crippen molar-refractivity contribution in [2.24, 2.45) is 11.7 Å². The van der Waals surface area contributed by atoms with E-state index in [1.54, 1.807) is 0 Å². The van der Waals surface area contributed by atoms with Crippen LogP contribution in [0, 0.1) is 5.92 Å². The fourth-order valence-corrected chi connectivity index (χ4v) is 2.47. The number of fused-ring (bicyclic) bond motifs is 1. The SMILES string of the molecule is CC(N)C(C)C(=O)NC1CCc2cc(Cl)ccc21. The highest BCUT2D eigenvalue weighted by molar-refractivity contribution is 6.30. The number of nitrogens with one attached hydrogen (secondary N) is 1. The summed E-state index contributed by atoms with van der Waals surface area (Å²) in [5, 5.41) is 3.83. The third-order valence-electron chi connectivity index (χ3n) is 3.70. The molecule has 0 aromatic heterocycles. The van der Waals surface area contributed by atoms with Gasteiger partial charge in [-0.1, -0.05) is 24.6 Å². The maximum absolute atomic E-state index is 12.0. The minimum absolute atomic E-state index is 0.0257. The molecule has 1 aromatic rings. The molecule has 3 nitrogen and oxygen atoms in total. The molecule has 0 bridgehead atoms. The number of amides is 1. The topological polar surface area (TPSA) is 55.1 Å². The van der Waals surface area contributed by atoms with Crippen molar-refractivity contribution >= 4 is 17.5 Å². The van der Waals surface area contributed by atoms with Crippen molar-refractivity contribution in [3.8, 4) is 0 Å². The van der Waals surface area contributed by atoms with Gasteiger partial charge in [0.2, 0.25) is 5.91 Å². The summed E-state index contributed by atoms with van der Waals surface area (Å²) in [4.78, 5) is 12.0. The molecule has 1 amide bonds. The number of nitrogens with two attached hydrogens (primary N) is 1. The van der Waals surface area contributed by atoms with Crippen LogP contribution in [0.1, 0.15) is 37.4 Å². The number of rotatable bonds is 3. The van der Waals surface area contributed by atoms with Gasteiger partial charge in [-0.25, -0.2) is 0 Å². The van der Waals surface area contributed by atoms with Crippen molar-refractivity contribution in [2.75, 3.05) is 0 Å². The normalized spacial score (nSPS) is 21.2. The highest BCUT2D eigenvalue weighted by atomic mass is 35.5. The molecule has 1 aliphatic carbocycles. The fraction of sp³-hybridized carbons (Fsp3) is 0.500. The van der Waals surface area contributed by atoms with Crippen LogP contribution in [-0.2, 0) is 11.2 Å². The molecule has 2 rings (SSSR count). The molecule has 0 radical (unpaired) electrons. The Morgan fingerprint density at radius 2 is 2.22 bits per heavy atom. The second kappa shape index (κ2) is 5.29. The molecule has 0 spiro atoms. The predicted octanol–water partition coefficient (Wildman–Crippen LogP) is 2.43. The van der Waals surface area contributed by atoms with Crippen LogP contribution in [0.2, 0.25) is 5.02 Å². The Kier molecular flexibility index (Phi) is 3.93. The van der Waals surface area contributed by atoms with Crippen molar-refractivity contribution in [3.05, 3.63) is 34.3 Å². The van der Waals surface area contributed by atoms with Crippen molar-refractivity contribution < 1.29 is 4.79 Å². The molecule has 3 unspecified atom stereocenters. The van der Waals surface area contributed by atoms with Crippen LogP contribution >= 0.6 is 11.6 Å². The summed E-state index contributed by atoms with van der Waals surface area (Å²) in [7, 11) is 0. The van der Waals surface area contributed by atoms with Crippen LogP contribution in [0.15, 0.2) is 18.2 Å². The van der Waals surface area contributed by atoms with Crippen LogP contribution in [0.25, 0.3) is 0 Å². The summed E-state index contributed by atoms with van der Waals surface area (Å²) in [5.41, 5.74) is 8.17. The average Bonchev–Trinajstić information content (AvgIpc) is 2.70. The monoisotopic (exact) mass is 266 g/mol. The molecule has 0 saturated carbocycles. The van der Waals surface area contributed by atoms with Crippen molar-refractivity contribution in [1.82, 2.24) is 5.32 Å². The Morgan fingerprint density at radius 1 is 1.50 bits per heavy atom. The lowest BCUT2D eigenvalue weighted by atomic mass is 10.0. The van der Waals surface area contributed by atoms with Gasteiger partial charge in [-0.15, -0.1) is 0 Å². The Morgan fingerprint density at radius 3 is 2.89 bits per heavy atom. The van der Waals surface area contributed by atoms with Gasteiger partial charge in [0, 0.05) is 17.0 Å². The van der Waals surface area contributed by atoms with Gasteiger partial charge < -0.3 is 11.1 Å². The van der Waals surface area contributed by atoms with Crippen LogP contribution in [-0.4, -0.2) is 11.9 Å². The number of carbonyl (C=O) groups excluding carboxylic acids is 1. The van der Waals surface area contributed by atoms with Crippen LogP contribution in [0.5, 0.6) is 0 Å². The average molecular weight is 267 g/mol. The molecular formula is C14H19ClN2O. The number of hydrogen-bond donors (Lipinski definition) is 2. The number of benzene rings is 1. The number of aryl methyl sites for hydroxylation is 1. The number of carbonyl (C=O) groups is 1. The van der Waals surface area contributed by atoms with Gasteiger partial charge in [0.25, 0.3) is 0 Å². The minimum Gasteiger partial charge on any atom is -0.349 e. The highest BCUT2D eigenvalue weighted by Gasteiger charge is 2.26. The summed E-state index contributed by atoms with van der Waals surface area (Å²) in [6.07, 6.45) is 1.90. The third-order valence-corrected chi connectivity index (χ3v) is 3.94. The van der Waals surface area contributed by atoms with E-state index in [-0.39, 0.29) is 23.9 Å². The Bertz CT molecular complexity index is 459. The van der Waals surface area contributed by atoms with Crippen molar-refractivity contribution in [3.63, 3.8) is 0 Å². The van der Waals surface area contributed by atoms with E-state index in [0.29, 0.717) is 0 Å². The first-order valence-electron chi connectivity index (χ1n) is 6.33. The Hall–Kier alpha value is -1.06. The molecule has 1 aliphatic rings. The molecule has 0 fully saturated rings. The van der Waals surface area contributed by atoms with Gasteiger partial charge >= 0.3 is 0 Å². The van der Waals surface area contributed by atoms with E-state index in [9.17, 15) is 4.79 Å². The van der Waals surface area contributed by atoms with Crippen LogP contribution in [0.3, 0.4) is 0 Å². The van der Waals surface area contributed by atoms with Crippen molar-refractivity contribution in [2.45, 2.75) is 38.8 Å². The molecule has 18 heavy (non-hydrogen) atoms. The molecule has 0 heterocycles. The van der Waals surface area contributed by atoms with Crippen molar-refractivity contribution in [1.29, 1.82) is 0 Å². The summed E-state index contributed by atoms with van der Waals surface area (Å²) >= 11 is 5.96. The zero-order valence-electron chi connectivity index (χ0n) is 10.7. The third kappa shape index (κ3) is 2.68. The van der Waals surface area contributed by atoms with E-state index >= 15 is 0 Å². The van der Waals surface area contributed by atoms with Gasteiger partial charge in [0.15, 0.2) is 0 Å². The lowest BCUT2D eigenvalue weighted by Gasteiger charge is -2.20. The standard InChI is InChI=1S/C14H19ClN2O/c1-8(9(2)16)14(18)17-13-6-3-10-7-11(15)4-5-12(10)13/h4-5,7-9,13H,3,6,16H2,1-2H3,(H,17,18). The summed E-state index contributed by atoms with van der Waals surface area (Å²) in [5.74, 6) is -0.140. The molecule has 98 valence electrons. The van der Waals surface area contributed by atoms with Gasteiger partial charge in [0.05, 0.1) is 6.04 Å². The second-order valence-electron chi connectivity index (χ2n) is 5.09. The second-order valence-corrected chi connectivity index (χ2v) is 5.53. The van der Waals surface area contributed by atoms with E-state index in [2.05, 4.69) is 5.32 Å². The van der Waals surface area contributed by atoms with Crippen LogP contribution < -0.4 is 11.1 Å². The molecule has 0 saturated heterocycles. The first-order chi connectivity index (χ1) is 8.49. The Labute approximate surface area is 113 Å². The zero-order valence-corrected chi connectivity index (χ0v) is 11.5. The van der Waals surface area contributed by atoms with E-state index < -0.39 is 0 Å². The molecule has 4 heteroatoms. The van der Waals surface area contributed by atoms with E-state index in [1.807, 2.05) is 32.0 Å². The fourth-order valence-electron chi connectivity index (χ4n) is 2.28. The first-order valence-corrected chi connectivity index (χ1v) is 6.71. The van der Waals surface area contributed by atoms with Crippen LogP contribution in [0.4, 0.5) is 0 Å². The maximum atomic E-state index is 12.0. The summed E-state index contributed by atoms with van der Waals surface area (Å²) in [6, 6.07) is 5.84. The van der Waals surface area contributed by atoms with Gasteiger partial charge in [-0.05, 0) is 43.0 Å². The molecule has 3 N–H and O–H groups in total. The summed E-state index contributed by atoms with van der Waals surface area (Å²) < 4.78 is 0. The van der Waals surface area contributed by atoms with Gasteiger partial charge in [-0.2, -0.15) is 0 Å². The zero-order chi connectivity index (χ0) is 13.3. The Balaban J connectivity index is 2.08. The number of hydrogen-bond acceptors (Lipinski definition) is 2. The molecular weight excluding hydrogens is 248 g/mol. The first kappa shape index (κ1) is 13.4.